The fourth-order valence-electron chi connectivity index (χ4n) is 7.28. The number of ketones is 2. The second-order valence-corrected chi connectivity index (χ2v) is 22.7. The van der Waals surface area contributed by atoms with Gasteiger partial charge in [-0.15, -0.1) is 10.2 Å². The number of Topliss-reactive ketones (excluding diaryl/α,β-unsaturated/α-hetero) is 2. The van der Waals surface area contributed by atoms with Crippen LogP contribution in [0.3, 0.4) is 0 Å². The number of nitrogens with zero attached hydrogens (tertiary/aromatic N) is 10. The number of rotatable bonds is 19. The van der Waals surface area contributed by atoms with E-state index in [1.807, 2.05) is 62.4 Å². The summed E-state index contributed by atoms with van der Waals surface area (Å²) >= 11 is 0. The summed E-state index contributed by atoms with van der Waals surface area (Å²) < 4.78 is 59.1. The number of amides is 1. The highest BCUT2D eigenvalue weighted by atomic mass is 32.2. The third-order valence-electron chi connectivity index (χ3n) is 11.4. The Labute approximate surface area is 457 Å². The van der Waals surface area contributed by atoms with Crippen molar-refractivity contribution >= 4 is 72.1 Å². The van der Waals surface area contributed by atoms with Gasteiger partial charge in [-0.2, -0.15) is 10.2 Å². The number of alkyl carbamates (subject to hydrolysis) is 1. The van der Waals surface area contributed by atoms with Crippen LogP contribution in [0.2, 0.25) is 0 Å². The summed E-state index contributed by atoms with van der Waals surface area (Å²) in [5, 5.41) is 19.1. The molecular weight excluding hydrogens is 1050 g/mol. The number of hydrogen-bond donors (Lipinski definition) is 4. The van der Waals surface area contributed by atoms with Gasteiger partial charge in [0.2, 0.25) is 0 Å². The molecule has 0 aliphatic carbocycles. The smallest absolute Gasteiger partial charge is 0.408 e. The molecule has 0 aliphatic heterocycles. The van der Waals surface area contributed by atoms with Crippen molar-refractivity contribution in [3.05, 3.63) is 192 Å². The van der Waals surface area contributed by atoms with Crippen LogP contribution in [0.25, 0.3) is 0 Å². The van der Waals surface area contributed by atoms with Crippen molar-refractivity contribution in [2.75, 3.05) is 11.5 Å². The fraction of sp³-hybridized carbons (Fsp3) is 0.218. The van der Waals surface area contributed by atoms with E-state index in [0.717, 1.165) is 25.4 Å². The molecule has 1 amide bonds. The van der Waals surface area contributed by atoms with Crippen molar-refractivity contribution in [3.8, 4) is 0 Å². The van der Waals surface area contributed by atoms with Crippen LogP contribution in [0.1, 0.15) is 54.7 Å². The third-order valence-corrected chi connectivity index (χ3v) is 14.7. The molecule has 4 aromatic heterocycles. The second kappa shape index (κ2) is 25.3. The van der Waals surface area contributed by atoms with E-state index in [0.29, 0.717) is 39.8 Å². The van der Waals surface area contributed by atoms with Crippen LogP contribution in [-0.4, -0.2) is 80.1 Å². The van der Waals surface area contributed by atoms with E-state index in [2.05, 4.69) is 45.7 Å². The van der Waals surface area contributed by atoms with Crippen molar-refractivity contribution in [1.82, 2.24) is 33.2 Å². The molecule has 0 aliphatic rings. The van der Waals surface area contributed by atoms with Crippen molar-refractivity contribution < 1.29 is 36.0 Å². The summed E-state index contributed by atoms with van der Waals surface area (Å²) in [6, 6.07) is 35.7. The molecule has 7 N–H and O–H groups in total. The highest BCUT2D eigenvalue weighted by Gasteiger charge is 2.28. The van der Waals surface area contributed by atoms with Gasteiger partial charge in [0.05, 0.1) is 68.9 Å². The molecule has 0 saturated heterocycles. The first-order valence-electron chi connectivity index (χ1n) is 24.5. The van der Waals surface area contributed by atoms with Gasteiger partial charge in [0.15, 0.2) is 23.2 Å². The van der Waals surface area contributed by atoms with Crippen LogP contribution < -0.4 is 22.5 Å². The minimum atomic E-state index is -3.90. The predicted molar refractivity (Wildman–Crippen MR) is 296 cm³/mol. The molecule has 22 nitrogen and oxygen atoms in total. The number of aryl methyl sites for hydroxylation is 2. The lowest BCUT2D eigenvalue weighted by Crippen LogP contribution is -2.45. The largest absolute Gasteiger partial charge is 0.444 e. The lowest BCUT2D eigenvalue weighted by Gasteiger charge is -2.23. The number of azo groups is 2. The summed E-state index contributed by atoms with van der Waals surface area (Å²) in [6.45, 7) is 8.83. The SMILES string of the molecule is Cc1ccc(S(=O)(=O)n2cnc(C[C@H](N)C(=O)Cc3ccc(N=Nc4ccccc4)c(N)n3)c2)cc1.Cc1ccc(S(=O)(=O)n2cnc(C[C@H](NC(=O)OC(C)(C)C)C(=O)Cc3ccc(N=Nc4ccccc4)c(N)n3)c2)cc1. The Hall–Kier alpha value is -9.13. The van der Waals surface area contributed by atoms with E-state index in [1.54, 1.807) is 81.4 Å². The first-order chi connectivity index (χ1) is 37.5. The first kappa shape index (κ1) is 57.6. The number of carbonyl (C=O) groups is 3. The van der Waals surface area contributed by atoms with Crippen LogP contribution in [0, 0.1) is 13.8 Å². The van der Waals surface area contributed by atoms with Gasteiger partial charge in [0, 0.05) is 25.2 Å². The minimum absolute atomic E-state index is 0.0378. The average Bonchev–Trinajstić information content (AvgIpc) is 4.10. The van der Waals surface area contributed by atoms with E-state index in [1.165, 1.54) is 43.0 Å². The van der Waals surface area contributed by atoms with Gasteiger partial charge in [-0.1, -0.05) is 71.8 Å². The molecule has 0 fully saturated rings. The zero-order chi connectivity index (χ0) is 56.9. The monoisotopic (exact) mass is 1110 g/mol. The van der Waals surface area contributed by atoms with E-state index in [-0.39, 0.29) is 58.6 Å². The highest BCUT2D eigenvalue weighted by Crippen LogP contribution is 2.26. The summed E-state index contributed by atoms with van der Waals surface area (Å²) in [5.41, 5.74) is 22.7. The number of anilines is 2. The number of imidazole rings is 2. The van der Waals surface area contributed by atoms with Crippen LogP contribution in [0.4, 0.5) is 39.2 Å². The minimum Gasteiger partial charge on any atom is -0.444 e. The Bertz CT molecular complexity index is 3720. The number of aromatic nitrogens is 6. The summed E-state index contributed by atoms with van der Waals surface area (Å²) in [5.74, 6) is -0.459. The van der Waals surface area contributed by atoms with Gasteiger partial charge in [0.1, 0.15) is 29.6 Å². The average molecular weight is 1110 g/mol. The number of ether oxygens (including phenoxy) is 1. The van der Waals surface area contributed by atoms with Crippen LogP contribution in [-0.2, 0) is 60.1 Å². The molecule has 4 heterocycles. The number of hydrogen-bond acceptors (Lipinski definition) is 19. The van der Waals surface area contributed by atoms with Gasteiger partial charge >= 0.3 is 6.09 Å². The Morgan fingerprint density at radius 2 is 0.987 bits per heavy atom. The molecule has 8 aromatic rings. The molecule has 0 radical (unpaired) electrons. The number of nitrogens with two attached hydrogens (primary N) is 3. The van der Waals surface area contributed by atoms with E-state index in [9.17, 15) is 31.2 Å². The molecule has 0 spiro atoms. The predicted octanol–water partition coefficient (Wildman–Crippen LogP) is 8.57. The molecule has 8 rings (SSSR count). The van der Waals surface area contributed by atoms with E-state index < -0.39 is 49.6 Å². The summed E-state index contributed by atoms with van der Waals surface area (Å²) in [7, 11) is -7.68. The zero-order valence-corrected chi connectivity index (χ0v) is 45.4. The van der Waals surface area contributed by atoms with Crippen LogP contribution in [0.15, 0.2) is 189 Å². The molecular formula is C55H58N14O8S2. The molecule has 408 valence electrons. The van der Waals surface area contributed by atoms with Gasteiger partial charge < -0.3 is 27.3 Å². The van der Waals surface area contributed by atoms with Crippen molar-refractivity contribution in [2.24, 2.45) is 26.2 Å². The standard InChI is InChI=1S/C30H33N7O5S.C25H25N7O3S/c1-20-10-13-24(14-11-20)43(40,41)37-18-23(32-19-37)16-26(34-29(39)42-30(2,3)4)27(38)17-22-12-15-25(28(31)33-22)36-35-21-8-6-5-7-9-21;1-17-7-10-21(11-8-17)36(34,35)32-15-20(28-16-32)13-22(26)24(33)14-19-9-12-23(25(27)29-19)31-30-18-5-3-2-4-6-18/h5-15,18-19,26H,16-17H2,1-4H3,(H2,31,33)(H,34,39);2-12,15-16,22H,13-14,26H2,1H3,(H2,27,29)/t26-;22-/m00/s1. The topological polar surface area (TPSA) is 330 Å². The Morgan fingerprint density at radius 3 is 1.41 bits per heavy atom. The van der Waals surface area contributed by atoms with Crippen molar-refractivity contribution in [2.45, 2.75) is 87.8 Å². The number of nitrogens with one attached hydrogen (secondary N) is 1. The third kappa shape index (κ3) is 16.2. The maximum atomic E-state index is 13.4. The maximum absolute atomic E-state index is 13.4. The van der Waals surface area contributed by atoms with E-state index >= 15 is 0 Å². The number of nitrogen functional groups attached to an aromatic ring is 2. The summed E-state index contributed by atoms with van der Waals surface area (Å²) in [4.78, 5) is 55.8. The Kier molecular flexibility index (Phi) is 18.5. The van der Waals surface area contributed by atoms with Gasteiger partial charge in [0.25, 0.3) is 20.0 Å². The molecule has 2 atom stereocenters. The zero-order valence-electron chi connectivity index (χ0n) is 43.8. The Morgan fingerprint density at radius 1 is 0.570 bits per heavy atom. The van der Waals surface area contributed by atoms with Gasteiger partial charge in [-0.05, 0) is 107 Å². The second-order valence-electron chi connectivity index (χ2n) is 19.0. The Balaban J connectivity index is 0.000000232. The van der Waals surface area contributed by atoms with Crippen molar-refractivity contribution in [3.63, 3.8) is 0 Å². The maximum Gasteiger partial charge on any atom is 0.408 e. The van der Waals surface area contributed by atoms with Crippen molar-refractivity contribution in [1.29, 1.82) is 0 Å². The molecule has 4 aromatic carbocycles. The lowest BCUT2D eigenvalue weighted by atomic mass is 10.0. The molecule has 0 saturated carbocycles. The van der Waals surface area contributed by atoms with Crippen LogP contribution in [0.5, 0.6) is 0 Å². The highest BCUT2D eigenvalue weighted by molar-refractivity contribution is 7.90. The fourth-order valence-corrected chi connectivity index (χ4v) is 9.59. The normalized spacial score (nSPS) is 12.6. The van der Waals surface area contributed by atoms with Crippen LogP contribution >= 0.6 is 0 Å². The number of benzene rings is 4. The molecule has 24 heteroatoms. The molecule has 79 heavy (non-hydrogen) atoms. The van der Waals surface area contributed by atoms with Gasteiger partial charge in [-0.25, -0.2) is 49.5 Å². The lowest BCUT2D eigenvalue weighted by molar-refractivity contribution is -0.121. The number of carbonyl (C=O) groups excluding carboxylic acids is 3. The first-order valence-corrected chi connectivity index (χ1v) is 27.4. The number of pyridine rings is 2. The quantitative estimate of drug-likeness (QED) is 0.0551. The molecule has 0 bridgehead atoms. The van der Waals surface area contributed by atoms with E-state index in [4.69, 9.17) is 21.9 Å². The van der Waals surface area contributed by atoms with Gasteiger partial charge in [-0.3, -0.25) is 9.59 Å². The summed E-state index contributed by atoms with van der Waals surface area (Å²) in [6.07, 6.45) is 4.01. The molecule has 0 unspecified atom stereocenters.